The Balaban J connectivity index is 1.78. The van der Waals surface area contributed by atoms with Crippen LogP contribution in [0.5, 0.6) is 11.5 Å². The fraction of sp³-hybridized carbons (Fsp3) is 0.286. The van der Waals surface area contributed by atoms with Crippen molar-refractivity contribution < 1.29 is 19.1 Å². The Hall–Kier alpha value is -3.13. The minimum absolute atomic E-state index is 0.0463. The van der Waals surface area contributed by atoms with Gasteiger partial charge in [0, 0.05) is 0 Å². The molecular weight excluding hydrogens is 390 g/mol. The number of nitrogens with one attached hydrogen (secondary N) is 3. The van der Waals surface area contributed by atoms with Crippen molar-refractivity contribution in [3.63, 3.8) is 0 Å². The maximum atomic E-state index is 12.4. The highest BCUT2D eigenvalue weighted by molar-refractivity contribution is 7.80. The topological polar surface area (TPSA) is 88.7 Å². The average Bonchev–Trinajstić information content (AvgIpc) is 2.71. The predicted molar refractivity (Wildman–Crippen MR) is 115 cm³/mol. The molecule has 2 aromatic rings. The zero-order valence-electron chi connectivity index (χ0n) is 16.7. The molecular formula is C21H25N3O4S. The number of carbonyl (C=O) groups is 2. The molecule has 0 aliphatic heterocycles. The number of carbonyl (C=O) groups excluding carboxylic acids is 2. The van der Waals surface area contributed by atoms with Gasteiger partial charge in [-0.05, 0) is 62.3 Å². The highest BCUT2D eigenvalue weighted by Crippen LogP contribution is 2.19. The average molecular weight is 416 g/mol. The number of amides is 2. The molecule has 2 amide bonds. The summed E-state index contributed by atoms with van der Waals surface area (Å²) in [6.45, 7) is 5.61. The van der Waals surface area contributed by atoms with Crippen molar-refractivity contribution in [1.29, 1.82) is 0 Å². The Morgan fingerprint density at radius 3 is 2.38 bits per heavy atom. The van der Waals surface area contributed by atoms with Crippen molar-refractivity contribution in [2.45, 2.75) is 33.3 Å². The largest absolute Gasteiger partial charge is 0.490 e. The van der Waals surface area contributed by atoms with Gasteiger partial charge in [-0.3, -0.25) is 25.8 Å². The molecule has 0 spiro atoms. The van der Waals surface area contributed by atoms with Crippen LogP contribution >= 0.6 is 12.2 Å². The summed E-state index contributed by atoms with van der Waals surface area (Å²) in [7, 11) is 0. The highest BCUT2D eigenvalue weighted by atomic mass is 32.1. The number of ether oxygens (including phenoxy) is 2. The quantitative estimate of drug-likeness (QED) is 0.476. The van der Waals surface area contributed by atoms with Crippen molar-refractivity contribution in [3.8, 4) is 11.5 Å². The second-order valence-electron chi connectivity index (χ2n) is 6.41. The molecule has 0 aliphatic carbocycles. The monoisotopic (exact) mass is 415 g/mol. The molecule has 0 atom stereocenters. The first-order chi connectivity index (χ1) is 13.9. The van der Waals surface area contributed by atoms with Crippen LogP contribution < -0.4 is 25.6 Å². The smallest absolute Gasteiger partial charge is 0.276 e. The lowest BCUT2D eigenvalue weighted by molar-refractivity contribution is -0.123. The number of para-hydroxylation sites is 1. The second-order valence-corrected chi connectivity index (χ2v) is 6.81. The molecule has 2 rings (SSSR count). The fourth-order valence-electron chi connectivity index (χ4n) is 2.35. The van der Waals surface area contributed by atoms with Gasteiger partial charge in [0.05, 0.1) is 11.7 Å². The van der Waals surface area contributed by atoms with Gasteiger partial charge in [-0.1, -0.05) is 31.2 Å². The van der Waals surface area contributed by atoms with Crippen LogP contribution in [0.15, 0.2) is 48.5 Å². The van der Waals surface area contributed by atoms with E-state index >= 15 is 0 Å². The van der Waals surface area contributed by atoms with Gasteiger partial charge in [-0.2, -0.15) is 0 Å². The third kappa shape index (κ3) is 7.42. The summed E-state index contributed by atoms with van der Waals surface area (Å²) in [6.07, 6.45) is 0.855. The minimum atomic E-state index is -0.444. The Kier molecular flexibility index (Phi) is 8.42. The van der Waals surface area contributed by atoms with E-state index in [4.69, 9.17) is 21.7 Å². The third-order valence-electron chi connectivity index (χ3n) is 3.74. The van der Waals surface area contributed by atoms with Crippen molar-refractivity contribution >= 4 is 29.1 Å². The molecule has 154 valence electrons. The zero-order chi connectivity index (χ0) is 21.2. The Morgan fingerprint density at radius 2 is 1.72 bits per heavy atom. The van der Waals surface area contributed by atoms with Gasteiger partial charge in [0.1, 0.15) is 11.5 Å². The standard InChI is InChI=1S/C21H25N3O4S/c1-4-15-9-11-16(12-10-15)27-13-19(25)23-24-21(29)22-20(26)17-7-5-6-8-18(17)28-14(2)3/h5-12,14H,4,13H2,1-3H3,(H,23,25)(H2,22,24,26,29). The number of rotatable bonds is 7. The van der Waals surface area contributed by atoms with Crippen LogP contribution in [-0.4, -0.2) is 29.6 Å². The van der Waals surface area contributed by atoms with Crippen molar-refractivity contribution in [1.82, 2.24) is 16.2 Å². The molecule has 0 unspecified atom stereocenters. The number of hydrazine groups is 1. The number of aryl methyl sites for hydroxylation is 1. The fourth-order valence-corrected chi connectivity index (χ4v) is 2.49. The Morgan fingerprint density at radius 1 is 1.03 bits per heavy atom. The third-order valence-corrected chi connectivity index (χ3v) is 3.94. The summed E-state index contributed by atoms with van der Waals surface area (Å²) < 4.78 is 11.0. The number of hydrogen-bond acceptors (Lipinski definition) is 5. The van der Waals surface area contributed by atoms with Gasteiger partial charge in [0.2, 0.25) is 0 Å². The molecule has 0 heterocycles. The van der Waals surface area contributed by atoms with Gasteiger partial charge < -0.3 is 9.47 Å². The van der Waals surface area contributed by atoms with E-state index in [1.54, 1.807) is 36.4 Å². The minimum Gasteiger partial charge on any atom is -0.490 e. The van der Waals surface area contributed by atoms with Crippen molar-refractivity contribution in [2.24, 2.45) is 0 Å². The van der Waals surface area contributed by atoms with E-state index in [1.807, 2.05) is 26.0 Å². The van der Waals surface area contributed by atoms with E-state index in [2.05, 4.69) is 23.1 Å². The van der Waals surface area contributed by atoms with Gasteiger partial charge in [0.15, 0.2) is 11.7 Å². The van der Waals surface area contributed by atoms with Gasteiger partial charge in [0.25, 0.3) is 11.8 Å². The molecule has 8 heteroatoms. The summed E-state index contributed by atoms with van der Waals surface area (Å²) in [6, 6.07) is 14.3. The summed E-state index contributed by atoms with van der Waals surface area (Å²) in [5.41, 5.74) is 6.38. The van der Waals surface area contributed by atoms with E-state index in [1.165, 1.54) is 5.56 Å². The lowest BCUT2D eigenvalue weighted by Crippen LogP contribution is -2.49. The molecule has 7 nitrogen and oxygen atoms in total. The zero-order valence-corrected chi connectivity index (χ0v) is 17.5. The van der Waals surface area contributed by atoms with E-state index in [0.29, 0.717) is 17.1 Å². The lowest BCUT2D eigenvalue weighted by Gasteiger charge is -2.15. The van der Waals surface area contributed by atoms with Gasteiger partial charge >= 0.3 is 0 Å². The van der Waals surface area contributed by atoms with Gasteiger partial charge in [-0.25, -0.2) is 0 Å². The summed E-state index contributed by atoms with van der Waals surface area (Å²) in [5, 5.41) is 2.45. The first-order valence-electron chi connectivity index (χ1n) is 9.26. The molecule has 0 aromatic heterocycles. The number of hydrogen-bond donors (Lipinski definition) is 3. The summed E-state index contributed by atoms with van der Waals surface area (Å²) >= 11 is 5.05. The van der Waals surface area contributed by atoms with Crippen LogP contribution in [0.3, 0.4) is 0 Å². The summed E-state index contributed by atoms with van der Waals surface area (Å²) in [5.74, 6) is 0.161. The maximum absolute atomic E-state index is 12.4. The predicted octanol–water partition coefficient (Wildman–Crippen LogP) is 2.75. The van der Waals surface area contributed by atoms with Crippen molar-refractivity contribution in [2.75, 3.05) is 6.61 Å². The number of benzene rings is 2. The van der Waals surface area contributed by atoms with Crippen LogP contribution in [0.25, 0.3) is 0 Å². The molecule has 0 aliphatic rings. The van der Waals surface area contributed by atoms with Crippen LogP contribution in [0.4, 0.5) is 0 Å². The lowest BCUT2D eigenvalue weighted by atomic mass is 10.2. The maximum Gasteiger partial charge on any atom is 0.276 e. The first kappa shape index (κ1) is 22.2. The first-order valence-corrected chi connectivity index (χ1v) is 9.67. The van der Waals surface area contributed by atoms with E-state index in [9.17, 15) is 9.59 Å². The summed E-state index contributed by atoms with van der Waals surface area (Å²) in [4.78, 5) is 24.3. The molecule has 0 saturated heterocycles. The molecule has 0 radical (unpaired) electrons. The molecule has 29 heavy (non-hydrogen) atoms. The molecule has 2 aromatic carbocycles. The van der Waals surface area contributed by atoms with E-state index in [-0.39, 0.29) is 17.8 Å². The van der Waals surface area contributed by atoms with E-state index in [0.717, 1.165) is 6.42 Å². The SMILES string of the molecule is CCc1ccc(OCC(=O)NNC(=S)NC(=O)c2ccccc2OC(C)C)cc1. The van der Waals surface area contributed by atoms with E-state index < -0.39 is 11.8 Å². The Bertz CT molecular complexity index is 853. The molecule has 0 saturated carbocycles. The normalized spacial score (nSPS) is 10.2. The molecule has 0 bridgehead atoms. The number of thiocarbonyl (C=S) groups is 1. The highest BCUT2D eigenvalue weighted by Gasteiger charge is 2.14. The van der Waals surface area contributed by atoms with Gasteiger partial charge in [-0.15, -0.1) is 0 Å². The molecule has 0 fully saturated rings. The second kappa shape index (κ2) is 11.0. The van der Waals surface area contributed by atoms with Crippen LogP contribution in [0, 0.1) is 0 Å². The van der Waals surface area contributed by atoms with Crippen LogP contribution in [0.1, 0.15) is 36.7 Å². The van der Waals surface area contributed by atoms with Crippen molar-refractivity contribution in [3.05, 3.63) is 59.7 Å². The van der Waals surface area contributed by atoms with Crippen LogP contribution in [0.2, 0.25) is 0 Å². The molecule has 3 N–H and O–H groups in total. The Labute approximate surface area is 175 Å². The van der Waals surface area contributed by atoms with Crippen LogP contribution in [-0.2, 0) is 11.2 Å².